The number of carbonyl (C=O) groups is 1. The third-order valence-electron chi connectivity index (χ3n) is 4.31. The van der Waals surface area contributed by atoms with Gasteiger partial charge < -0.3 is 14.5 Å². The van der Waals surface area contributed by atoms with Crippen molar-refractivity contribution in [1.29, 1.82) is 0 Å². The molecule has 0 spiro atoms. The highest BCUT2D eigenvalue weighted by molar-refractivity contribution is 7.91. The summed E-state index contributed by atoms with van der Waals surface area (Å²) in [5, 5.41) is 3.65. The lowest BCUT2D eigenvalue weighted by molar-refractivity contribution is -0.124. The van der Waals surface area contributed by atoms with Crippen molar-refractivity contribution in [2.24, 2.45) is 0 Å². The molecule has 0 unspecified atom stereocenters. The number of ether oxygens (including phenoxy) is 1. The SMILES string of the molecule is Cc1cc(=O)oc2cc(OCC(=O)N[C@@]3(C)CCS(=O)(=O)C3)c(Cl)cc12. The number of hydrogen-bond acceptors (Lipinski definition) is 6. The Kier molecular flexibility index (Phi) is 4.74. The number of hydrogen-bond donors (Lipinski definition) is 1. The fourth-order valence-electron chi connectivity index (χ4n) is 3.06. The van der Waals surface area contributed by atoms with Crippen LogP contribution in [0.3, 0.4) is 0 Å². The van der Waals surface area contributed by atoms with Gasteiger partial charge in [0.25, 0.3) is 5.91 Å². The van der Waals surface area contributed by atoms with E-state index in [1.165, 1.54) is 12.1 Å². The first kappa shape index (κ1) is 18.7. The summed E-state index contributed by atoms with van der Waals surface area (Å²) in [7, 11) is -3.12. The van der Waals surface area contributed by atoms with Crippen LogP contribution < -0.4 is 15.7 Å². The number of sulfone groups is 1. The van der Waals surface area contributed by atoms with Gasteiger partial charge in [0.15, 0.2) is 16.4 Å². The Labute approximate surface area is 155 Å². The molecule has 0 radical (unpaired) electrons. The average molecular weight is 400 g/mol. The molecule has 3 rings (SSSR count). The highest BCUT2D eigenvalue weighted by Gasteiger charge is 2.39. The van der Waals surface area contributed by atoms with E-state index in [9.17, 15) is 18.0 Å². The number of carbonyl (C=O) groups excluding carboxylic acids is 1. The number of benzene rings is 1. The second-order valence-corrected chi connectivity index (χ2v) is 9.36. The molecule has 0 bridgehead atoms. The number of nitrogens with one attached hydrogen (secondary N) is 1. The van der Waals surface area contributed by atoms with Crippen LogP contribution >= 0.6 is 11.6 Å². The van der Waals surface area contributed by atoms with Gasteiger partial charge in [0.1, 0.15) is 11.3 Å². The van der Waals surface area contributed by atoms with Gasteiger partial charge in [-0.15, -0.1) is 0 Å². The predicted octanol–water partition coefficient (Wildman–Crippen LogP) is 1.83. The highest BCUT2D eigenvalue weighted by atomic mass is 35.5. The van der Waals surface area contributed by atoms with E-state index in [-0.39, 0.29) is 28.9 Å². The van der Waals surface area contributed by atoms with E-state index in [2.05, 4.69) is 5.32 Å². The lowest BCUT2D eigenvalue weighted by Gasteiger charge is -2.23. The lowest BCUT2D eigenvalue weighted by atomic mass is 10.0. The molecular formula is C17H18ClNO6S. The Morgan fingerprint density at radius 1 is 1.38 bits per heavy atom. The van der Waals surface area contributed by atoms with Gasteiger partial charge in [-0.1, -0.05) is 11.6 Å². The molecule has 1 aromatic heterocycles. The summed E-state index contributed by atoms with van der Waals surface area (Å²) in [5.41, 5.74) is -0.256. The number of halogens is 1. The Bertz CT molecular complexity index is 1050. The van der Waals surface area contributed by atoms with E-state index in [0.717, 1.165) is 5.56 Å². The van der Waals surface area contributed by atoms with E-state index in [1.54, 1.807) is 19.9 Å². The smallest absolute Gasteiger partial charge is 0.336 e. The van der Waals surface area contributed by atoms with Crippen molar-refractivity contribution in [1.82, 2.24) is 5.32 Å². The zero-order chi connectivity index (χ0) is 19.1. The number of amides is 1. The van der Waals surface area contributed by atoms with Crippen LogP contribution in [0.1, 0.15) is 18.9 Å². The van der Waals surface area contributed by atoms with Crippen LogP contribution in [0.4, 0.5) is 0 Å². The zero-order valence-corrected chi connectivity index (χ0v) is 15.9. The predicted molar refractivity (Wildman–Crippen MR) is 97.5 cm³/mol. The van der Waals surface area contributed by atoms with Crippen LogP contribution in [0.2, 0.25) is 5.02 Å². The summed E-state index contributed by atoms with van der Waals surface area (Å²) in [6.45, 7) is 3.12. The molecule has 2 heterocycles. The van der Waals surface area contributed by atoms with Gasteiger partial charge in [0.2, 0.25) is 0 Å². The van der Waals surface area contributed by atoms with Crippen LogP contribution in [-0.2, 0) is 14.6 Å². The monoisotopic (exact) mass is 399 g/mol. The molecule has 140 valence electrons. The van der Waals surface area contributed by atoms with Crippen LogP contribution in [0.15, 0.2) is 27.4 Å². The van der Waals surface area contributed by atoms with E-state index < -0.39 is 26.9 Å². The van der Waals surface area contributed by atoms with Crippen molar-refractivity contribution < 1.29 is 22.4 Å². The minimum atomic E-state index is -3.12. The van der Waals surface area contributed by atoms with Crippen LogP contribution in [-0.4, -0.2) is 38.0 Å². The topological polar surface area (TPSA) is 103 Å². The second kappa shape index (κ2) is 6.59. The van der Waals surface area contributed by atoms with Crippen molar-refractivity contribution in [3.8, 4) is 5.75 Å². The summed E-state index contributed by atoms with van der Waals surface area (Å²) >= 11 is 6.18. The van der Waals surface area contributed by atoms with Crippen molar-refractivity contribution >= 4 is 38.3 Å². The van der Waals surface area contributed by atoms with Crippen molar-refractivity contribution in [3.05, 3.63) is 39.2 Å². The van der Waals surface area contributed by atoms with E-state index in [1.807, 2.05) is 0 Å². The van der Waals surface area contributed by atoms with Crippen molar-refractivity contribution in [3.63, 3.8) is 0 Å². The van der Waals surface area contributed by atoms with Gasteiger partial charge in [0.05, 0.1) is 22.1 Å². The molecule has 1 N–H and O–H groups in total. The van der Waals surface area contributed by atoms with Gasteiger partial charge in [-0.25, -0.2) is 13.2 Å². The van der Waals surface area contributed by atoms with Crippen LogP contribution in [0.25, 0.3) is 11.0 Å². The third-order valence-corrected chi connectivity index (χ3v) is 6.51. The Morgan fingerprint density at radius 2 is 2.12 bits per heavy atom. The van der Waals surface area contributed by atoms with E-state index in [0.29, 0.717) is 17.4 Å². The molecule has 7 nitrogen and oxygen atoms in total. The van der Waals surface area contributed by atoms with Crippen LogP contribution in [0.5, 0.6) is 5.75 Å². The molecule has 1 aliphatic rings. The summed E-state index contributed by atoms with van der Waals surface area (Å²) in [5.74, 6) is -0.286. The number of rotatable bonds is 4. The largest absolute Gasteiger partial charge is 0.482 e. The second-order valence-electron chi connectivity index (χ2n) is 6.77. The zero-order valence-electron chi connectivity index (χ0n) is 14.3. The fourth-order valence-corrected chi connectivity index (χ4v) is 5.37. The first-order valence-corrected chi connectivity index (χ1v) is 10.2. The van der Waals surface area contributed by atoms with Crippen LogP contribution in [0, 0.1) is 6.92 Å². The summed E-state index contributed by atoms with van der Waals surface area (Å²) in [6.07, 6.45) is 0.363. The van der Waals surface area contributed by atoms with Gasteiger partial charge in [-0.05, 0) is 31.9 Å². The van der Waals surface area contributed by atoms with Crippen molar-refractivity contribution in [2.45, 2.75) is 25.8 Å². The quantitative estimate of drug-likeness (QED) is 0.787. The normalized spacial score (nSPS) is 21.7. The standard InChI is InChI=1S/C17H18ClNO6S/c1-10-5-16(21)25-13-7-14(12(18)6-11(10)13)24-8-15(20)19-17(2)3-4-26(22,23)9-17/h5-7H,3-4,8-9H2,1-2H3,(H,19,20)/t17-/m0/s1. The molecular weight excluding hydrogens is 382 g/mol. The molecule has 0 aliphatic carbocycles. The van der Waals surface area contributed by atoms with Gasteiger partial charge in [-0.2, -0.15) is 0 Å². The Morgan fingerprint density at radius 3 is 2.77 bits per heavy atom. The third kappa shape index (κ3) is 4.02. The molecule has 1 fully saturated rings. The maximum absolute atomic E-state index is 12.1. The molecule has 1 atom stereocenters. The molecule has 1 saturated heterocycles. The van der Waals surface area contributed by atoms with Gasteiger partial charge in [0, 0.05) is 17.5 Å². The van der Waals surface area contributed by atoms with E-state index in [4.69, 9.17) is 20.8 Å². The molecule has 1 aromatic carbocycles. The number of aryl methyl sites for hydroxylation is 1. The Balaban J connectivity index is 1.72. The summed E-state index contributed by atoms with van der Waals surface area (Å²) in [4.78, 5) is 23.6. The summed E-state index contributed by atoms with van der Waals surface area (Å²) in [6, 6.07) is 4.43. The molecule has 2 aromatic rings. The van der Waals surface area contributed by atoms with Gasteiger partial charge >= 0.3 is 5.63 Å². The Hall–Kier alpha value is -2.06. The van der Waals surface area contributed by atoms with Gasteiger partial charge in [-0.3, -0.25) is 4.79 Å². The molecule has 1 amide bonds. The highest BCUT2D eigenvalue weighted by Crippen LogP contribution is 2.31. The lowest BCUT2D eigenvalue weighted by Crippen LogP contribution is -2.48. The average Bonchev–Trinajstić information content (AvgIpc) is 2.79. The molecule has 26 heavy (non-hydrogen) atoms. The summed E-state index contributed by atoms with van der Waals surface area (Å²) < 4.78 is 33.8. The maximum atomic E-state index is 12.1. The first-order chi connectivity index (χ1) is 12.1. The first-order valence-electron chi connectivity index (χ1n) is 7.95. The minimum Gasteiger partial charge on any atom is -0.482 e. The molecule has 9 heteroatoms. The van der Waals surface area contributed by atoms with E-state index >= 15 is 0 Å². The molecule has 0 saturated carbocycles. The fraction of sp³-hybridized carbons (Fsp3) is 0.412. The minimum absolute atomic E-state index is 0.0551. The maximum Gasteiger partial charge on any atom is 0.336 e. The van der Waals surface area contributed by atoms with Crippen molar-refractivity contribution in [2.75, 3.05) is 18.1 Å². The molecule has 1 aliphatic heterocycles. The number of fused-ring (bicyclic) bond motifs is 1.